The first-order valence-corrected chi connectivity index (χ1v) is 9.78. The molecule has 0 aromatic heterocycles. The summed E-state index contributed by atoms with van der Waals surface area (Å²) in [5.74, 6) is -1.87. The molecule has 0 spiro atoms. The molecule has 0 saturated carbocycles. The van der Waals surface area contributed by atoms with Crippen molar-refractivity contribution in [2.45, 2.75) is 12.8 Å². The molecule has 7 heteroatoms. The normalized spacial score (nSPS) is 18.4. The van der Waals surface area contributed by atoms with Crippen LogP contribution in [0.1, 0.15) is 11.1 Å². The number of amides is 2. The minimum atomic E-state index is -0.448. The monoisotopic (exact) mass is 401 g/mol. The Morgan fingerprint density at radius 2 is 1.28 bits per heavy atom. The third kappa shape index (κ3) is 6.09. The molecule has 3 rings (SSSR count). The van der Waals surface area contributed by atoms with Gasteiger partial charge in [-0.1, -0.05) is 24.3 Å². The fourth-order valence-corrected chi connectivity index (χ4v) is 3.54. The van der Waals surface area contributed by atoms with Crippen molar-refractivity contribution in [2.24, 2.45) is 11.8 Å². The Morgan fingerprint density at radius 3 is 1.69 bits per heavy atom. The van der Waals surface area contributed by atoms with Crippen molar-refractivity contribution in [2.75, 3.05) is 26.2 Å². The molecular formula is C22H25F2N3O2. The Labute approximate surface area is 168 Å². The molecule has 154 valence electrons. The van der Waals surface area contributed by atoms with Crippen molar-refractivity contribution in [1.82, 2.24) is 16.0 Å². The van der Waals surface area contributed by atoms with E-state index in [2.05, 4.69) is 16.0 Å². The number of halogens is 2. The first kappa shape index (κ1) is 20.9. The maximum Gasteiger partial charge on any atom is 0.225 e. The van der Waals surface area contributed by atoms with Crippen LogP contribution < -0.4 is 16.0 Å². The second-order valence-electron chi connectivity index (χ2n) is 7.21. The Bertz CT molecular complexity index is 790. The zero-order valence-electron chi connectivity index (χ0n) is 16.1. The molecule has 2 atom stereocenters. The number of benzene rings is 2. The average molecular weight is 401 g/mol. The molecule has 0 radical (unpaired) electrons. The van der Waals surface area contributed by atoms with Crippen LogP contribution in [0.3, 0.4) is 0 Å². The zero-order valence-corrected chi connectivity index (χ0v) is 16.1. The summed E-state index contributed by atoms with van der Waals surface area (Å²) in [7, 11) is 0. The lowest BCUT2D eigenvalue weighted by Gasteiger charge is -2.18. The summed E-state index contributed by atoms with van der Waals surface area (Å²) in [5.41, 5.74) is 1.61. The highest BCUT2D eigenvalue weighted by molar-refractivity contribution is 5.88. The number of carbonyl (C=O) groups excluding carboxylic acids is 2. The summed E-state index contributed by atoms with van der Waals surface area (Å²) >= 11 is 0. The third-order valence-corrected chi connectivity index (χ3v) is 5.09. The van der Waals surface area contributed by atoms with Gasteiger partial charge in [0.05, 0.1) is 11.8 Å². The Balaban J connectivity index is 1.44. The number of carbonyl (C=O) groups is 2. The van der Waals surface area contributed by atoms with E-state index in [9.17, 15) is 18.4 Å². The van der Waals surface area contributed by atoms with Crippen molar-refractivity contribution < 1.29 is 18.4 Å². The highest BCUT2D eigenvalue weighted by Crippen LogP contribution is 2.17. The molecule has 0 bridgehead atoms. The van der Waals surface area contributed by atoms with E-state index in [4.69, 9.17) is 0 Å². The lowest BCUT2D eigenvalue weighted by atomic mass is 9.94. The van der Waals surface area contributed by atoms with E-state index < -0.39 is 11.8 Å². The summed E-state index contributed by atoms with van der Waals surface area (Å²) in [4.78, 5) is 25.0. The summed E-state index contributed by atoms with van der Waals surface area (Å²) in [6.07, 6.45) is 1.04. The number of rotatable bonds is 8. The van der Waals surface area contributed by atoms with Crippen LogP contribution in [0.25, 0.3) is 0 Å². The van der Waals surface area contributed by atoms with E-state index in [1.54, 1.807) is 24.3 Å². The second kappa shape index (κ2) is 10.1. The fraction of sp³-hybridized carbons (Fsp3) is 0.364. The van der Waals surface area contributed by atoms with Gasteiger partial charge in [0.15, 0.2) is 0 Å². The quantitative estimate of drug-likeness (QED) is 0.632. The highest BCUT2D eigenvalue weighted by atomic mass is 19.1. The summed E-state index contributed by atoms with van der Waals surface area (Å²) in [5, 5.41) is 8.78. The van der Waals surface area contributed by atoms with Gasteiger partial charge in [-0.25, -0.2) is 8.78 Å². The SMILES string of the molecule is O=C(NCCc1cccc(F)c1)[C@@H]1CNC[C@H]1C(=O)NCCc1cccc(F)c1. The van der Waals surface area contributed by atoms with Crippen LogP contribution in [0.5, 0.6) is 0 Å². The van der Waals surface area contributed by atoms with E-state index in [-0.39, 0.29) is 23.4 Å². The van der Waals surface area contributed by atoms with Crippen LogP contribution in [-0.2, 0) is 22.4 Å². The summed E-state index contributed by atoms with van der Waals surface area (Å²) in [6.45, 7) is 1.64. The largest absolute Gasteiger partial charge is 0.355 e. The van der Waals surface area contributed by atoms with Crippen LogP contribution in [0.15, 0.2) is 48.5 Å². The molecular weight excluding hydrogens is 376 g/mol. The van der Waals surface area contributed by atoms with Gasteiger partial charge >= 0.3 is 0 Å². The predicted octanol–water partition coefficient (Wildman–Crippen LogP) is 1.82. The van der Waals surface area contributed by atoms with Crippen molar-refractivity contribution in [1.29, 1.82) is 0 Å². The second-order valence-corrected chi connectivity index (χ2v) is 7.21. The van der Waals surface area contributed by atoms with E-state index in [1.807, 2.05) is 0 Å². The maximum atomic E-state index is 13.2. The highest BCUT2D eigenvalue weighted by Gasteiger charge is 2.37. The van der Waals surface area contributed by atoms with Gasteiger partial charge in [0.1, 0.15) is 11.6 Å². The Kier molecular flexibility index (Phi) is 7.30. The molecule has 3 N–H and O–H groups in total. The molecule has 2 aromatic rings. The minimum absolute atomic E-state index is 0.184. The van der Waals surface area contributed by atoms with E-state index in [1.165, 1.54) is 24.3 Å². The standard InChI is InChI=1S/C22H25F2N3O2/c23-17-5-1-3-15(11-17)7-9-26-21(28)19-13-25-14-20(19)22(29)27-10-8-16-4-2-6-18(24)12-16/h1-6,11-12,19-20,25H,7-10,13-14H2,(H,26,28)(H,27,29)/t19-,20-/m1/s1. The van der Waals surface area contributed by atoms with Crippen LogP contribution in [0.4, 0.5) is 8.78 Å². The molecule has 0 aliphatic carbocycles. The smallest absolute Gasteiger partial charge is 0.225 e. The average Bonchev–Trinajstić information content (AvgIpc) is 3.18. The third-order valence-electron chi connectivity index (χ3n) is 5.09. The van der Waals surface area contributed by atoms with Crippen molar-refractivity contribution in [3.8, 4) is 0 Å². The van der Waals surface area contributed by atoms with Crippen LogP contribution in [-0.4, -0.2) is 38.0 Å². The topological polar surface area (TPSA) is 70.2 Å². The van der Waals surface area contributed by atoms with Gasteiger partial charge < -0.3 is 16.0 Å². The molecule has 1 heterocycles. The van der Waals surface area contributed by atoms with E-state index in [0.717, 1.165) is 11.1 Å². The van der Waals surface area contributed by atoms with Crippen molar-refractivity contribution in [3.63, 3.8) is 0 Å². The number of hydrogen-bond acceptors (Lipinski definition) is 3. The van der Waals surface area contributed by atoms with E-state index in [0.29, 0.717) is 39.0 Å². The van der Waals surface area contributed by atoms with Gasteiger partial charge in [-0.05, 0) is 48.2 Å². The molecule has 2 aromatic carbocycles. The van der Waals surface area contributed by atoms with Crippen molar-refractivity contribution in [3.05, 3.63) is 71.3 Å². The van der Waals surface area contributed by atoms with Crippen molar-refractivity contribution >= 4 is 11.8 Å². The van der Waals surface area contributed by atoms with Gasteiger partial charge in [0.2, 0.25) is 11.8 Å². The molecule has 1 aliphatic heterocycles. The predicted molar refractivity (Wildman–Crippen MR) is 106 cm³/mol. The lowest BCUT2D eigenvalue weighted by molar-refractivity contribution is -0.132. The Morgan fingerprint density at radius 1 is 0.828 bits per heavy atom. The van der Waals surface area contributed by atoms with Gasteiger partial charge in [0.25, 0.3) is 0 Å². The molecule has 2 amide bonds. The molecule has 0 unspecified atom stereocenters. The number of hydrogen-bond donors (Lipinski definition) is 3. The van der Waals surface area contributed by atoms with Gasteiger partial charge in [-0.15, -0.1) is 0 Å². The Hall–Kier alpha value is -2.80. The minimum Gasteiger partial charge on any atom is -0.355 e. The molecule has 1 aliphatic rings. The fourth-order valence-electron chi connectivity index (χ4n) is 3.54. The van der Waals surface area contributed by atoms with E-state index >= 15 is 0 Å². The lowest BCUT2D eigenvalue weighted by Crippen LogP contribution is -2.42. The van der Waals surface area contributed by atoms with Crippen LogP contribution in [0.2, 0.25) is 0 Å². The number of nitrogens with one attached hydrogen (secondary N) is 3. The molecule has 29 heavy (non-hydrogen) atoms. The van der Waals surface area contributed by atoms with Crippen LogP contribution >= 0.6 is 0 Å². The molecule has 5 nitrogen and oxygen atoms in total. The molecule has 1 saturated heterocycles. The zero-order chi connectivity index (χ0) is 20.6. The first-order chi connectivity index (χ1) is 14.0. The first-order valence-electron chi connectivity index (χ1n) is 9.78. The van der Waals surface area contributed by atoms with Gasteiger partial charge in [-0.3, -0.25) is 9.59 Å². The van der Waals surface area contributed by atoms with Gasteiger partial charge in [-0.2, -0.15) is 0 Å². The maximum absolute atomic E-state index is 13.2. The van der Waals surface area contributed by atoms with Gasteiger partial charge in [0, 0.05) is 26.2 Å². The summed E-state index contributed by atoms with van der Waals surface area (Å²) < 4.78 is 26.4. The van der Waals surface area contributed by atoms with Crippen LogP contribution in [0, 0.1) is 23.5 Å². The summed E-state index contributed by atoms with van der Waals surface area (Å²) in [6, 6.07) is 12.5. The molecule has 1 fully saturated rings.